The maximum Gasteiger partial charge on any atom is 0.303 e. The van der Waals surface area contributed by atoms with E-state index in [1.54, 1.807) is 11.9 Å². The number of carboxylic acid groups (broad SMARTS) is 1. The van der Waals surface area contributed by atoms with Gasteiger partial charge in [-0.05, 0) is 67.7 Å². The Bertz CT molecular complexity index is 1390. The van der Waals surface area contributed by atoms with Gasteiger partial charge >= 0.3 is 5.97 Å². The molecule has 1 spiro atoms. The van der Waals surface area contributed by atoms with E-state index in [-0.39, 0.29) is 59.2 Å². The number of hydrogen-bond donors (Lipinski definition) is 3. The van der Waals surface area contributed by atoms with E-state index in [2.05, 4.69) is 10.6 Å². The predicted molar refractivity (Wildman–Crippen MR) is 175 cm³/mol. The maximum absolute atomic E-state index is 13.8. The summed E-state index contributed by atoms with van der Waals surface area (Å²) in [4.78, 5) is 68.0. The summed E-state index contributed by atoms with van der Waals surface area (Å²) >= 11 is 12.2. The summed E-state index contributed by atoms with van der Waals surface area (Å²) in [5, 5.41) is 15.3. The Morgan fingerprint density at radius 3 is 2.09 bits per heavy atom. The monoisotopic (exact) mass is 672 g/mol. The summed E-state index contributed by atoms with van der Waals surface area (Å²) in [6.45, 7) is 1.45. The smallest absolute Gasteiger partial charge is 0.303 e. The molecule has 1 aliphatic heterocycles. The lowest BCUT2D eigenvalue weighted by molar-refractivity contribution is -0.140. The van der Waals surface area contributed by atoms with Gasteiger partial charge in [-0.3, -0.25) is 24.0 Å². The zero-order chi connectivity index (χ0) is 33.3. The first kappa shape index (κ1) is 35.2. The molecule has 12 heteroatoms. The van der Waals surface area contributed by atoms with Gasteiger partial charge in [-0.2, -0.15) is 0 Å². The molecular formula is C34H42Cl2N4O6. The number of nitrogens with one attached hydrogen (secondary N) is 2. The average molecular weight is 674 g/mol. The Hall–Kier alpha value is -3.63. The molecule has 4 amide bonds. The van der Waals surface area contributed by atoms with Crippen LogP contribution in [0.1, 0.15) is 80.1 Å². The highest BCUT2D eigenvalue weighted by molar-refractivity contribution is 6.35. The van der Waals surface area contributed by atoms with Crippen LogP contribution in [0.25, 0.3) is 0 Å². The van der Waals surface area contributed by atoms with E-state index in [4.69, 9.17) is 23.2 Å². The van der Waals surface area contributed by atoms with Gasteiger partial charge in [0.05, 0.1) is 0 Å². The quantitative estimate of drug-likeness (QED) is 0.272. The normalized spacial score (nSPS) is 16.8. The molecule has 1 aliphatic carbocycles. The van der Waals surface area contributed by atoms with Gasteiger partial charge < -0.3 is 25.5 Å². The van der Waals surface area contributed by atoms with Crippen molar-refractivity contribution >= 4 is 52.8 Å². The maximum atomic E-state index is 13.8. The van der Waals surface area contributed by atoms with Crippen LogP contribution in [0.5, 0.6) is 0 Å². The number of likely N-dealkylation sites (N-methyl/N-ethyl adjacent to an activating group) is 1. The molecular weight excluding hydrogens is 631 g/mol. The summed E-state index contributed by atoms with van der Waals surface area (Å²) in [6.07, 6.45) is 5.98. The molecule has 1 unspecified atom stereocenters. The molecule has 0 aromatic heterocycles. The number of nitrogens with zero attached hydrogens (tertiary/aromatic N) is 2. The first-order valence-corrected chi connectivity index (χ1v) is 16.6. The molecule has 2 aromatic carbocycles. The van der Waals surface area contributed by atoms with E-state index in [0.717, 1.165) is 18.4 Å². The van der Waals surface area contributed by atoms with E-state index < -0.39 is 35.8 Å². The predicted octanol–water partition coefficient (Wildman–Crippen LogP) is 5.06. The molecule has 4 rings (SSSR count). The molecule has 2 atom stereocenters. The SMILES string of the molecule is CN(Cc1ccccc1)C(=O)[C@H](CCC(=O)O)NC(=O)CCC(NC(=O)c1cc(Cl)cc(Cl)c1)C(=O)N1CCC2(CCCC2)CC1. The highest BCUT2D eigenvalue weighted by Crippen LogP contribution is 2.46. The highest BCUT2D eigenvalue weighted by Gasteiger charge is 2.39. The number of amides is 4. The Morgan fingerprint density at radius 1 is 0.870 bits per heavy atom. The van der Waals surface area contributed by atoms with Crippen LogP contribution in [-0.4, -0.2) is 76.7 Å². The minimum Gasteiger partial charge on any atom is -0.481 e. The molecule has 1 saturated heterocycles. The Labute approximate surface area is 279 Å². The van der Waals surface area contributed by atoms with Crippen LogP contribution in [0.15, 0.2) is 48.5 Å². The van der Waals surface area contributed by atoms with E-state index in [1.165, 1.54) is 48.8 Å². The lowest BCUT2D eigenvalue weighted by Crippen LogP contribution is -2.52. The molecule has 1 saturated carbocycles. The number of halogens is 2. The standard InChI is InChI=1S/C34H42Cl2N4O6/c1-39(22-23-7-3-2-4-8-23)32(45)27(10-12-30(42)43)37-29(41)11-9-28(38-31(44)24-19-25(35)21-26(36)20-24)33(46)40-17-15-34(16-18-40)13-5-6-14-34/h2-4,7-8,19-21,27-28H,5-6,9-18,22H2,1H3,(H,37,41)(H,38,44)(H,42,43)/t27-,28?/m0/s1. The number of carbonyl (C=O) groups is 5. The number of rotatable bonds is 13. The lowest BCUT2D eigenvalue weighted by atomic mass is 9.77. The first-order valence-electron chi connectivity index (χ1n) is 15.8. The van der Waals surface area contributed by atoms with Crippen LogP contribution < -0.4 is 10.6 Å². The molecule has 2 aromatic rings. The Morgan fingerprint density at radius 2 is 1.48 bits per heavy atom. The number of piperidine rings is 1. The van der Waals surface area contributed by atoms with E-state index in [1.807, 2.05) is 30.3 Å². The fraction of sp³-hybridized carbons (Fsp3) is 0.500. The molecule has 0 radical (unpaired) electrons. The minimum atomic E-state index is -1.09. The van der Waals surface area contributed by atoms with Crippen molar-refractivity contribution in [1.82, 2.24) is 20.4 Å². The third-order valence-electron chi connectivity index (χ3n) is 9.11. The van der Waals surface area contributed by atoms with Crippen molar-refractivity contribution in [2.45, 2.75) is 82.8 Å². The van der Waals surface area contributed by atoms with Crippen molar-refractivity contribution in [1.29, 1.82) is 0 Å². The Balaban J connectivity index is 1.43. The van der Waals surface area contributed by atoms with Crippen molar-refractivity contribution in [3.05, 3.63) is 69.7 Å². The molecule has 1 heterocycles. The molecule has 46 heavy (non-hydrogen) atoms. The van der Waals surface area contributed by atoms with Crippen LogP contribution in [0, 0.1) is 5.41 Å². The van der Waals surface area contributed by atoms with Gasteiger partial charge in [0.25, 0.3) is 5.91 Å². The van der Waals surface area contributed by atoms with E-state index >= 15 is 0 Å². The number of aliphatic carboxylic acids is 1. The fourth-order valence-corrected chi connectivity index (χ4v) is 7.03. The number of benzene rings is 2. The lowest BCUT2D eigenvalue weighted by Gasteiger charge is -2.40. The van der Waals surface area contributed by atoms with Gasteiger partial charge in [-0.15, -0.1) is 0 Å². The summed E-state index contributed by atoms with van der Waals surface area (Å²) in [7, 11) is 1.59. The number of likely N-dealkylation sites (tertiary alicyclic amines) is 1. The zero-order valence-corrected chi connectivity index (χ0v) is 27.6. The van der Waals surface area contributed by atoms with Crippen molar-refractivity contribution in [3.8, 4) is 0 Å². The summed E-state index contributed by atoms with van der Waals surface area (Å²) < 4.78 is 0. The Kier molecular flexibility index (Phi) is 12.5. The third-order valence-corrected chi connectivity index (χ3v) is 9.54. The second-order valence-corrected chi connectivity index (χ2v) is 13.4. The summed E-state index contributed by atoms with van der Waals surface area (Å²) in [5.41, 5.74) is 1.36. The van der Waals surface area contributed by atoms with Crippen molar-refractivity contribution in [2.24, 2.45) is 5.41 Å². The van der Waals surface area contributed by atoms with Crippen molar-refractivity contribution in [2.75, 3.05) is 20.1 Å². The fourth-order valence-electron chi connectivity index (χ4n) is 6.50. The molecule has 0 bridgehead atoms. The number of carbonyl (C=O) groups excluding carboxylic acids is 4. The van der Waals surface area contributed by atoms with Gasteiger partial charge in [0, 0.05) is 55.1 Å². The topological polar surface area (TPSA) is 136 Å². The first-order chi connectivity index (χ1) is 21.9. The van der Waals surface area contributed by atoms with Crippen LogP contribution in [-0.2, 0) is 25.7 Å². The number of carboxylic acids is 1. The van der Waals surface area contributed by atoms with Gasteiger partial charge in [0.2, 0.25) is 17.7 Å². The minimum absolute atomic E-state index is 0.0218. The molecule has 2 aliphatic rings. The van der Waals surface area contributed by atoms with Crippen LogP contribution in [0.4, 0.5) is 0 Å². The summed E-state index contributed by atoms with van der Waals surface area (Å²) in [5.74, 6) is -2.87. The molecule has 10 nitrogen and oxygen atoms in total. The molecule has 248 valence electrons. The van der Waals surface area contributed by atoms with Gasteiger partial charge in [0.15, 0.2) is 0 Å². The van der Waals surface area contributed by atoms with E-state index in [9.17, 15) is 29.1 Å². The molecule has 2 fully saturated rings. The number of hydrogen-bond acceptors (Lipinski definition) is 5. The second-order valence-electron chi connectivity index (χ2n) is 12.5. The van der Waals surface area contributed by atoms with Crippen molar-refractivity contribution < 1.29 is 29.1 Å². The van der Waals surface area contributed by atoms with Gasteiger partial charge in [-0.25, -0.2) is 0 Å². The van der Waals surface area contributed by atoms with Crippen molar-refractivity contribution in [3.63, 3.8) is 0 Å². The van der Waals surface area contributed by atoms with Crippen LogP contribution >= 0.6 is 23.2 Å². The van der Waals surface area contributed by atoms with Crippen LogP contribution in [0.3, 0.4) is 0 Å². The third kappa shape index (κ3) is 9.93. The molecule has 3 N–H and O–H groups in total. The van der Waals surface area contributed by atoms with E-state index in [0.29, 0.717) is 13.1 Å². The van der Waals surface area contributed by atoms with Gasteiger partial charge in [-0.1, -0.05) is 66.4 Å². The average Bonchev–Trinajstić information content (AvgIpc) is 3.48. The largest absolute Gasteiger partial charge is 0.481 e. The zero-order valence-electron chi connectivity index (χ0n) is 26.1. The summed E-state index contributed by atoms with van der Waals surface area (Å²) in [6, 6.07) is 11.6. The van der Waals surface area contributed by atoms with Gasteiger partial charge in [0.1, 0.15) is 12.1 Å². The second kappa shape index (κ2) is 16.3. The van der Waals surface area contributed by atoms with Crippen LogP contribution in [0.2, 0.25) is 10.0 Å². The highest BCUT2D eigenvalue weighted by atomic mass is 35.5.